The number of rotatable bonds is 40. The smallest absolute Gasteiger partial charge is 0.338 e. The highest BCUT2D eigenvalue weighted by atomic mass is 16.6. The lowest BCUT2D eigenvalue weighted by Crippen LogP contribution is -2.15. The van der Waals surface area contributed by atoms with Crippen LogP contribution in [0.1, 0.15) is 68.6 Å². The lowest BCUT2D eigenvalue weighted by molar-refractivity contribution is -0.0271. The third-order valence-corrected chi connectivity index (χ3v) is 6.96. The number of carbonyl (C=O) groups is 1. The van der Waals surface area contributed by atoms with Gasteiger partial charge in [0.05, 0.1) is 131 Å². The summed E-state index contributed by atoms with van der Waals surface area (Å²) in [6, 6.07) is 8.87. The second-order valence-corrected chi connectivity index (χ2v) is 11.1. The van der Waals surface area contributed by atoms with E-state index < -0.39 is 0 Å². The maximum absolute atomic E-state index is 11.8. The fourth-order valence-electron chi connectivity index (χ4n) is 4.27. The van der Waals surface area contributed by atoms with Gasteiger partial charge in [0.25, 0.3) is 0 Å². The van der Waals surface area contributed by atoms with Crippen LogP contribution in [-0.4, -0.2) is 145 Å². The van der Waals surface area contributed by atoms with E-state index in [1.165, 1.54) is 44.9 Å². The van der Waals surface area contributed by atoms with Gasteiger partial charge in [-0.05, 0) is 18.6 Å². The van der Waals surface area contributed by atoms with E-state index in [-0.39, 0.29) is 12.6 Å². The van der Waals surface area contributed by atoms with Gasteiger partial charge in [0, 0.05) is 6.61 Å². The highest BCUT2D eigenvalue weighted by Crippen LogP contribution is 2.08. The summed E-state index contributed by atoms with van der Waals surface area (Å²) in [6.45, 7) is 12.9. The van der Waals surface area contributed by atoms with Crippen LogP contribution >= 0.6 is 0 Å². The van der Waals surface area contributed by atoms with Crippen molar-refractivity contribution in [2.24, 2.45) is 0 Å². The van der Waals surface area contributed by atoms with Crippen molar-refractivity contribution in [2.45, 2.75) is 58.3 Å². The molecule has 0 saturated heterocycles. The molecule has 0 aliphatic rings. The molecule has 0 heterocycles. The fraction of sp³-hybridized carbons (Fsp3) is 0.811. The Hall–Kier alpha value is -1.71. The van der Waals surface area contributed by atoms with Crippen LogP contribution < -0.4 is 0 Å². The molecule has 1 aromatic carbocycles. The third kappa shape index (κ3) is 34.5. The van der Waals surface area contributed by atoms with Crippen LogP contribution in [0, 0.1) is 0 Å². The molecule has 1 rings (SSSR count). The molecule has 1 aromatic rings. The molecule has 0 amide bonds. The Bertz CT molecular complexity index is 786. The topological polar surface area (TPSA) is 119 Å². The SMILES string of the molecule is CCCCCCCCCCOCCOCCOCCOCCOCCOCCOCCOCCOCCOCCOC(=O)c1ccccc1. The molecule has 0 aliphatic heterocycles. The molecule has 0 unspecified atom stereocenters. The van der Waals surface area contributed by atoms with Gasteiger partial charge in [-0.1, -0.05) is 70.1 Å². The second-order valence-electron chi connectivity index (χ2n) is 11.1. The van der Waals surface area contributed by atoms with Crippen molar-refractivity contribution >= 4 is 5.97 Å². The zero-order valence-corrected chi connectivity index (χ0v) is 30.3. The molecule has 0 atom stereocenters. The number of unbranched alkanes of at least 4 members (excludes halogenated alkanes) is 7. The highest BCUT2D eigenvalue weighted by Gasteiger charge is 2.05. The number of benzene rings is 1. The summed E-state index contributed by atoms with van der Waals surface area (Å²) in [7, 11) is 0. The first-order valence-corrected chi connectivity index (χ1v) is 18.3. The Kier molecular flexibility index (Phi) is 36.1. The molecule has 0 spiro atoms. The Balaban J connectivity index is 1.62. The average molecular weight is 703 g/mol. The minimum atomic E-state index is -0.353. The van der Waals surface area contributed by atoms with Crippen LogP contribution in [0.25, 0.3) is 0 Å². The van der Waals surface area contributed by atoms with Crippen molar-refractivity contribution in [1.29, 1.82) is 0 Å². The van der Waals surface area contributed by atoms with Crippen LogP contribution in [0.3, 0.4) is 0 Å². The molecule has 0 N–H and O–H groups in total. The van der Waals surface area contributed by atoms with Gasteiger partial charge < -0.3 is 52.1 Å². The van der Waals surface area contributed by atoms with E-state index in [1.807, 2.05) is 6.07 Å². The molecular weight excluding hydrogens is 636 g/mol. The number of hydrogen-bond donors (Lipinski definition) is 0. The largest absolute Gasteiger partial charge is 0.460 e. The van der Waals surface area contributed by atoms with Crippen LogP contribution in [0.4, 0.5) is 0 Å². The highest BCUT2D eigenvalue weighted by molar-refractivity contribution is 5.89. The van der Waals surface area contributed by atoms with Crippen LogP contribution in [0.2, 0.25) is 0 Å². The van der Waals surface area contributed by atoms with Gasteiger partial charge in [0.2, 0.25) is 0 Å². The van der Waals surface area contributed by atoms with Crippen molar-refractivity contribution in [2.75, 3.05) is 139 Å². The predicted octanol–water partition coefficient (Wildman–Crippen LogP) is 5.15. The number of esters is 1. The normalized spacial score (nSPS) is 11.4. The van der Waals surface area contributed by atoms with Gasteiger partial charge >= 0.3 is 5.97 Å². The van der Waals surface area contributed by atoms with E-state index in [0.717, 1.165) is 13.0 Å². The van der Waals surface area contributed by atoms with Crippen LogP contribution in [0.5, 0.6) is 0 Å². The van der Waals surface area contributed by atoms with Gasteiger partial charge in [-0.3, -0.25) is 0 Å². The van der Waals surface area contributed by atoms with E-state index in [4.69, 9.17) is 52.1 Å². The lowest BCUT2D eigenvalue weighted by atomic mass is 10.1. The Morgan fingerprint density at radius 3 is 1.00 bits per heavy atom. The molecule has 0 radical (unpaired) electrons. The van der Waals surface area contributed by atoms with Crippen molar-refractivity contribution in [3.8, 4) is 0 Å². The summed E-state index contributed by atoms with van der Waals surface area (Å²) in [5, 5.41) is 0. The molecule has 0 saturated carbocycles. The first-order chi connectivity index (χ1) is 24.3. The molecule has 0 fully saturated rings. The molecule has 12 heteroatoms. The molecule has 0 bridgehead atoms. The number of ether oxygens (including phenoxy) is 11. The Morgan fingerprint density at radius 2 is 0.653 bits per heavy atom. The zero-order valence-electron chi connectivity index (χ0n) is 30.3. The molecule has 12 nitrogen and oxygen atoms in total. The van der Waals surface area contributed by atoms with Gasteiger partial charge in [-0.15, -0.1) is 0 Å². The molecule has 0 aromatic heterocycles. The van der Waals surface area contributed by atoms with Crippen LogP contribution in [-0.2, 0) is 52.1 Å². The summed E-state index contributed by atoms with van der Waals surface area (Å²) < 4.78 is 60.1. The Morgan fingerprint density at radius 1 is 0.367 bits per heavy atom. The quantitative estimate of drug-likeness (QED) is 0.0665. The fourth-order valence-corrected chi connectivity index (χ4v) is 4.27. The van der Waals surface area contributed by atoms with E-state index >= 15 is 0 Å². The first kappa shape index (κ1) is 45.3. The second kappa shape index (κ2) is 39.1. The van der Waals surface area contributed by atoms with Gasteiger partial charge in [-0.25, -0.2) is 4.79 Å². The number of carbonyl (C=O) groups excluding carboxylic acids is 1. The van der Waals surface area contributed by atoms with E-state index in [2.05, 4.69) is 6.92 Å². The van der Waals surface area contributed by atoms with E-state index in [0.29, 0.717) is 131 Å². The van der Waals surface area contributed by atoms with E-state index in [1.54, 1.807) is 24.3 Å². The average Bonchev–Trinajstić information content (AvgIpc) is 3.13. The predicted molar refractivity (Wildman–Crippen MR) is 188 cm³/mol. The van der Waals surface area contributed by atoms with E-state index in [9.17, 15) is 4.79 Å². The molecule has 286 valence electrons. The van der Waals surface area contributed by atoms with Crippen molar-refractivity contribution in [3.63, 3.8) is 0 Å². The van der Waals surface area contributed by atoms with Crippen molar-refractivity contribution in [1.82, 2.24) is 0 Å². The Labute approximate surface area is 295 Å². The summed E-state index contributed by atoms with van der Waals surface area (Å²) in [6.07, 6.45) is 10.5. The monoisotopic (exact) mass is 702 g/mol. The van der Waals surface area contributed by atoms with Crippen LogP contribution in [0.15, 0.2) is 30.3 Å². The summed E-state index contributed by atoms with van der Waals surface area (Å²) in [5.41, 5.74) is 0.528. The molecule has 0 aliphatic carbocycles. The maximum atomic E-state index is 11.8. The number of hydrogen-bond acceptors (Lipinski definition) is 12. The third-order valence-electron chi connectivity index (χ3n) is 6.96. The minimum Gasteiger partial charge on any atom is -0.460 e. The van der Waals surface area contributed by atoms with Gasteiger partial charge in [0.1, 0.15) is 6.61 Å². The summed E-state index contributed by atoms with van der Waals surface area (Å²) in [4.78, 5) is 11.8. The van der Waals surface area contributed by atoms with Crippen molar-refractivity contribution < 1.29 is 56.9 Å². The zero-order chi connectivity index (χ0) is 35.0. The van der Waals surface area contributed by atoms with Gasteiger partial charge in [-0.2, -0.15) is 0 Å². The molecular formula is C37H66O12. The molecule has 49 heavy (non-hydrogen) atoms. The van der Waals surface area contributed by atoms with Gasteiger partial charge in [0.15, 0.2) is 0 Å². The lowest BCUT2D eigenvalue weighted by Gasteiger charge is -2.09. The first-order valence-electron chi connectivity index (χ1n) is 18.3. The van der Waals surface area contributed by atoms with Crippen molar-refractivity contribution in [3.05, 3.63) is 35.9 Å². The summed E-state index contributed by atoms with van der Waals surface area (Å²) in [5.74, 6) is -0.353. The maximum Gasteiger partial charge on any atom is 0.338 e. The standard InChI is InChI=1S/C37H66O12/c1-2-3-4-5-6-7-8-12-15-39-16-17-40-18-19-41-20-21-42-22-23-43-24-25-44-26-27-45-28-29-46-30-31-47-32-33-48-34-35-49-37(38)36-13-10-9-11-14-36/h9-11,13-14H,2-8,12,15-35H2,1H3. The summed E-state index contributed by atoms with van der Waals surface area (Å²) >= 11 is 0. The minimum absolute atomic E-state index is 0.205.